The van der Waals surface area contributed by atoms with E-state index in [2.05, 4.69) is 15.3 Å². The second kappa shape index (κ2) is 5.52. The summed E-state index contributed by atoms with van der Waals surface area (Å²) in [6.07, 6.45) is 0. The second-order valence-corrected chi connectivity index (χ2v) is 5.11. The highest BCUT2D eigenvalue weighted by molar-refractivity contribution is 7.20. The lowest BCUT2D eigenvalue weighted by molar-refractivity contribution is 0.0531. The molecule has 0 aliphatic carbocycles. The number of hydrogen-bond donors (Lipinski definition) is 1. The van der Waals surface area contributed by atoms with Gasteiger partial charge in [-0.1, -0.05) is 0 Å². The first-order chi connectivity index (χ1) is 9.08. The van der Waals surface area contributed by atoms with Gasteiger partial charge in [0.15, 0.2) is 0 Å². The summed E-state index contributed by atoms with van der Waals surface area (Å²) in [4.78, 5) is 22.1. The van der Waals surface area contributed by atoms with Crippen molar-refractivity contribution in [2.45, 2.75) is 27.7 Å². The fourth-order valence-electron chi connectivity index (χ4n) is 1.93. The third-order valence-corrected chi connectivity index (χ3v) is 3.87. The zero-order chi connectivity index (χ0) is 14.0. The molecule has 0 aliphatic rings. The maximum Gasteiger partial charge on any atom is 0.348 e. The topological polar surface area (TPSA) is 64.1 Å². The number of aromatic nitrogens is 2. The number of nitrogens with zero attached hydrogens (tertiary/aromatic N) is 2. The minimum Gasteiger partial charge on any atom is -0.462 e. The van der Waals surface area contributed by atoms with Crippen molar-refractivity contribution in [3.8, 4) is 0 Å². The molecule has 0 aliphatic heterocycles. The summed E-state index contributed by atoms with van der Waals surface area (Å²) >= 11 is 1.36. The molecule has 0 unspecified atom stereocenters. The number of esters is 1. The van der Waals surface area contributed by atoms with Crippen LogP contribution in [-0.4, -0.2) is 29.1 Å². The van der Waals surface area contributed by atoms with Gasteiger partial charge in [-0.25, -0.2) is 14.8 Å². The average Bonchev–Trinajstić information content (AvgIpc) is 2.67. The molecule has 6 heteroatoms. The lowest BCUT2D eigenvalue weighted by Gasteiger charge is -2.05. The highest BCUT2D eigenvalue weighted by atomic mass is 32.1. The van der Waals surface area contributed by atoms with Crippen LogP contribution >= 0.6 is 11.3 Å². The minimum absolute atomic E-state index is 0.289. The maximum atomic E-state index is 11.9. The quantitative estimate of drug-likeness (QED) is 0.872. The molecule has 1 N–H and O–H groups in total. The molecule has 102 valence electrons. The van der Waals surface area contributed by atoms with Crippen molar-refractivity contribution in [2.24, 2.45) is 0 Å². The molecule has 0 spiro atoms. The SMILES string of the molecule is CCNc1nc(C)nc2sc(C(=O)OCC)c(C)c12. The number of nitrogens with one attached hydrogen (secondary N) is 1. The predicted octanol–water partition coefficient (Wildman–Crippen LogP) is 2.92. The number of hydrogen-bond acceptors (Lipinski definition) is 6. The van der Waals surface area contributed by atoms with E-state index in [1.165, 1.54) is 11.3 Å². The molecule has 2 aromatic rings. The molecule has 2 heterocycles. The molecule has 5 nitrogen and oxygen atoms in total. The Hall–Kier alpha value is -1.69. The van der Waals surface area contributed by atoms with Crippen molar-refractivity contribution in [3.05, 3.63) is 16.3 Å². The lowest BCUT2D eigenvalue weighted by Crippen LogP contribution is -2.04. The number of fused-ring (bicyclic) bond motifs is 1. The zero-order valence-electron chi connectivity index (χ0n) is 11.5. The van der Waals surface area contributed by atoms with Crippen molar-refractivity contribution in [3.63, 3.8) is 0 Å². The predicted molar refractivity (Wildman–Crippen MR) is 77.0 cm³/mol. The van der Waals surface area contributed by atoms with Gasteiger partial charge < -0.3 is 10.1 Å². The van der Waals surface area contributed by atoms with Gasteiger partial charge >= 0.3 is 5.97 Å². The van der Waals surface area contributed by atoms with Gasteiger partial charge in [-0.3, -0.25) is 0 Å². The summed E-state index contributed by atoms with van der Waals surface area (Å²) in [6, 6.07) is 0. The first-order valence-corrected chi connectivity index (χ1v) is 7.08. The van der Waals surface area contributed by atoms with E-state index in [-0.39, 0.29) is 5.97 Å². The van der Waals surface area contributed by atoms with Gasteiger partial charge in [0.2, 0.25) is 0 Å². The van der Waals surface area contributed by atoms with Crippen LogP contribution in [0, 0.1) is 13.8 Å². The van der Waals surface area contributed by atoms with E-state index < -0.39 is 0 Å². The van der Waals surface area contributed by atoms with Crippen LogP contribution < -0.4 is 5.32 Å². The number of carbonyl (C=O) groups is 1. The summed E-state index contributed by atoms with van der Waals surface area (Å²) in [5, 5.41) is 4.14. The van der Waals surface area contributed by atoms with Crippen molar-refractivity contribution >= 4 is 33.3 Å². The number of ether oxygens (including phenoxy) is 1. The number of carbonyl (C=O) groups excluding carboxylic acids is 1. The minimum atomic E-state index is -0.289. The van der Waals surface area contributed by atoms with Crippen molar-refractivity contribution in [2.75, 3.05) is 18.5 Å². The third-order valence-electron chi connectivity index (χ3n) is 2.71. The Labute approximate surface area is 116 Å². The summed E-state index contributed by atoms with van der Waals surface area (Å²) in [5.74, 6) is 1.19. The Balaban J connectivity index is 2.62. The Kier molecular flexibility index (Phi) is 3.99. The molecular formula is C13H17N3O2S. The fourth-order valence-corrected chi connectivity index (χ4v) is 3.05. The molecule has 0 saturated carbocycles. The fraction of sp³-hybridized carbons (Fsp3) is 0.462. The van der Waals surface area contributed by atoms with E-state index in [0.29, 0.717) is 17.3 Å². The Bertz CT molecular complexity index is 622. The van der Waals surface area contributed by atoms with Crippen molar-refractivity contribution in [1.29, 1.82) is 0 Å². The normalized spacial score (nSPS) is 10.7. The van der Waals surface area contributed by atoms with Gasteiger partial charge in [-0.05, 0) is 33.3 Å². The molecule has 0 saturated heterocycles. The van der Waals surface area contributed by atoms with E-state index in [1.807, 2.05) is 20.8 Å². The molecule has 0 atom stereocenters. The third kappa shape index (κ3) is 2.53. The summed E-state index contributed by atoms with van der Waals surface area (Å²) < 4.78 is 5.07. The van der Waals surface area contributed by atoms with E-state index >= 15 is 0 Å². The lowest BCUT2D eigenvalue weighted by atomic mass is 10.2. The number of rotatable bonds is 4. The first kappa shape index (κ1) is 13.7. The van der Waals surface area contributed by atoms with E-state index in [4.69, 9.17) is 4.74 Å². The number of thiophene rings is 1. The van der Waals surface area contributed by atoms with Gasteiger partial charge in [0.1, 0.15) is 21.3 Å². The van der Waals surface area contributed by atoms with Crippen LogP contribution in [0.15, 0.2) is 0 Å². The standard InChI is InChI=1S/C13H17N3O2S/c1-5-14-11-9-7(3)10(13(17)18-6-2)19-12(9)16-8(4)15-11/h5-6H2,1-4H3,(H,14,15,16). The first-order valence-electron chi connectivity index (χ1n) is 6.27. The smallest absolute Gasteiger partial charge is 0.348 e. The van der Waals surface area contributed by atoms with Gasteiger partial charge in [0.25, 0.3) is 0 Å². The molecule has 2 aromatic heterocycles. The zero-order valence-corrected chi connectivity index (χ0v) is 12.3. The molecule has 0 aromatic carbocycles. The molecular weight excluding hydrogens is 262 g/mol. The Morgan fingerprint density at radius 1 is 1.32 bits per heavy atom. The van der Waals surface area contributed by atoms with Crippen molar-refractivity contribution in [1.82, 2.24) is 9.97 Å². The van der Waals surface area contributed by atoms with Crippen LogP contribution in [0.25, 0.3) is 10.2 Å². The molecule has 0 amide bonds. The van der Waals surface area contributed by atoms with Crippen LogP contribution in [0.3, 0.4) is 0 Å². The summed E-state index contributed by atoms with van der Waals surface area (Å²) in [5.41, 5.74) is 0.884. The van der Waals surface area contributed by atoms with Crippen LogP contribution in [0.2, 0.25) is 0 Å². The van der Waals surface area contributed by atoms with E-state index in [9.17, 15) is 4.79 Å². The molecule has 0 radical (unpaired) electrons. The Morgan fingerprint density at radius 3 is 2.68 bits per heavy atom. The van der Waals surface area contributed by atoms with E-state index in [1.54, 1.807) is 6.92 Å². The number of aryl methyl sites for hydroxylation is 2. The van der Waals surface area contributed by atoms with Gasteiger partial charge in [0, 0.05) is 6.54 Å². The molecule has 0 fully saturated rings. The molecule has 2 rings (SSSR count). The second-order valence-electron chi connectivity index (χ2n) is 4.11. The highest BCUT2D eigenvalue weighted by Crippen LogP contribution is 2.34. The monoisotopic (exact) mass is 279 g/mol. The maximum absolute atomic E-state index is 11.9. The number of anilines is 1. The van der Waals surface area contributed by atoms with Gasteiger partial charge in [-0.15, -0.1) is 11.3 Å². The van der Waals surface area contributed by atoms with Gasteiger partial charge in [-0.2, -0.15) is 0 Å². The average molecular weight is 279 g/mol. The Morgan fingerprint density at radius 2 is 2.05 bits per heavy atom. The van der Waals surface area contributed by atoms with Crippen LogP contribution in [0.5, 0.6) is 0 Å². The van der Waals surface area contributed by atoms with Crippen LogP contribution in [-0.2, 0) is 4.74 Å². The van der Waals surface area contributed by atoms with E-state index in [0.717, 1.165) is 28.1 Å². The molecule has 0 bridgehead atoms. The summed E-state index contributed by atoms with van der Waals surface area (Å²) in [6.45, 7) is 8.71. The van der Waals surface area contributed by atoms with Gasteiger partial charge in [0.05, 0.1) is 12.0 Å². The molecule has 19 heavy (non-hydrogen) atoms. The summed E-state index contributed by atoms with van der Waals surface area (Å²) in [7, 11) is 0. The highest BCUT2D eigenvalue weighted by Gasteiger charge is 2.20. The van der Waals surface area contributed by atoms with Crippen molar-refractivity contribution < 1.29 is 9.53 Å². The van der Waals surface area contributed by atoms with Crippen LogP contribution in [0.4, 0.5) is 5.82 Å². The van der Waals surface area contributed by atoms with Crippen LogP contribution in [0.1, 0.15) is 34.9 Å². The largest absolute Gasteiger partial charge is 0.462 e.